The van der Waals surface area contributed by atoms with Gasteiger partial charge in [-0.15, -0.1) is 0 Å². The van der Waals surface area contributed by atoms with Crippen molar-refractivity contribution < 1.29 is 9.90 Å². The van der Waals surface area contributed by atoms with Crippen molar-refractivity contribution in [3.8, 4) is 5.75 Å². The molecule has 3 nitrogen and oxygen atoms in total. The van der Waals surface area contributed by atoms with Crippen molar-refractivity contribution in [1.82, 2.24) is 5.32 Å². The van der Waals surface area contributed by atoms with Crippen LogP contribution >= 0.6 is 0 Å². The van der Waals surface area contributed by atoms with E-state index in [1.54, 1.807) is 18.2 Å². The largest absolute Gasteiger partial charge is 0.507 e. The Morgan fingerprint density at radius 2 is 1.65 bits per heavy atom. The lowest BCUT2D eigenvalue weighted by Gasteiger charge is -2.06. The number of hydrogen-bond donors (Lipinski definition) is 2. The average Bonchev–Trinajstić information content (AvgIpc) is 2.38. The number of benzene rings is 2. The maximum atomic E-state index is 11.8. The molecule has 0 heterocycles. The van der Waals surface area contributed by atoms with E-state index >= 15 is 0 Å². The number of para-hydroxylation sites is 1. The van der Waals surface area contributed by atoms with Gasteiger partial charge in [0.05, 0.1) is 5.56 Å². The van der Waals surface area contributed by atoms with E-state index in [2.05, 4.69) is 5.32 Å². The van der Waals surface area contributed by atoms with Crippen LogP contribution in [0.2, 0.25) is 0 Å². The summed E-state index contributed by atoms with van der Waals surface area (Å²) in [6.45, 7) is 0.452. The highest BCUT2D eigenvalue weighted by atomic mass is 16.3. The molecular formula is C14H13NO2. The predicted octanol–water partition coefficient (Wildman–Crippen LogP) is 2.32. The average molecular weight is 227 g/mol. The van der Waals surface area contributed by atoms with Crippen molar-refractivity contribution in [2.24, 2.45) is 0 Å². The summed E-state index contributed by atoms with van der Waals surface area (Å²) in [5, 5.41) is 12.3. The van der Waals surface area contributed by atoms with Crippen LogP contribution in [-0.4, -0.2) is 11.0 Å². The van der Waals surface area contributed by atoms with Gasteiger partial charge in [0, 0.05) is 6.54 Å². The van der Waals surface area contributed by atoms with Crippen LogP contribution in [-0.2, 0) is 6.54 Å². The SMILES string of the molecule is O=C(NCc1ccccc1)c1ccccc1O. The summed E-state index contributed by atoms with van der Waals surface area (Å²) in [6.07, 6.45) is 0. The fraction of sp³-hybridized carbons (Fsp3) is 0.0714. The lowest BCUT2D eigenvalue weighted by Crippen LogP contribution is -2.22. The Morgan fingerprint density at radius 3 is 2.35 bits per heavy atom. The van der Waals surface area contributed by atoms with Crippen molar-refractivity contribution in [1.29, 1.82) is 0 Å². The van der Waals surface area contributed by atoms with Crippen LogP contribution in [0.4, 0.5) is 0 Å². The first-order chi connectivity index (χ1) is 8.27. The van der Waals surface area contributed by atoms with E-state index in [9.17, 15) is 9.90 Å². The molecule has 2 N–H and O–H groups in total. The maximum absolute atomic E-state index is 11.8. The molecule has 17 heavy (non-hydrogen) atoms. The number of amides is 1. The molecule has 2 aromatic carbocycles. The van der Waals surface area contributed by atoms with E-state index in [0.29, 0.717) is 12.1 Å². The van der Waals surface area contributed by atoms with Gasteiger partial charge in [-0.05, 0) is 17.7 Å². The van der Waals surface area contributed by atoms with Crippen LogP contribution in [0, 0.1) is 0 Å². The molecule has 0 fully saturated rings. The van der Waals surface area contributed by atoms with Gasteiger partial charge in [-0.3, -0.25) is 4.79 Å². The zero-order valence-electron chi connectivity index (χ0n) is 9.26. The van der Waals surface area contributed by atoms with Gasteiger partial charge < -0.3 is 10.4 Å². The van der Waals surface area contributed by atoms with Crippen molar-refractivity contribution >= 4 is 5.91 Å². The van der Waals surface area contributed by atoms with Crippen molar-refractivity contribution in [3.63, 3.8) is 0 Å². The van der Waals surface area contributed by atoms with Gasteiger partial charge in [0.1, 0.15) is 5.75 Å². The number of rotatable bonds is 3. The summed E-state index contributed by atoms with van der Waals surface area (Å²) < 4.78 is 0. The molecule has 1 amide bonds. The highest BCUT2D eigenvalue weighted by Gasteiger charge is 2.08. The van der Waals surface area contributed by atoms with Crippen LogP contribution in [0.1, 0.15) is 15.9 Å². The first-order valence-electron chi connectivity index (χ1n) is 5.37. The van der Waals surface area contributed by atoms with Gasteiger partial charge in [0.15, 0.2) is 0 Å². The lowest BCUT2D eigenvalue weighted by molar-refractivity contribution is 0.0948. The first-order valence-corrected chi connectivity index (χ1v) is 5.37. The number of phenolic OH excluding ortho intramolecular Hbond substituents is 1. The van der Waals surface area contributed by atoms with Gasteiger partial charge in [0.2, 0.25) is 0 Å². The predicted molar refractivity (Wildman–Crippen MR) is 65.7 cm³/mol. The molecule has 0 saturated carbocycles. The van der Waals surface area contributed by atoms with E-state index in [0.717, 1.165) is 5.56 Å². The monoisotopic (exact) mass is 227 g/mol. The summed E-state index contributed by atoms with van der Waals surface area (Å²) in [4.78, 5) is 11.8. The Labute approximate surface area is 99.7 Å². The number of aromatic hydroxyl groups is 1. The molecule has 2 aromatic rings. The van der Waals surface area contributed by atoms with Gasteiger partial charge in [-0.2, -0.15) is 0 Å². The molecule has 0 bridgehead atoms. The van der Waals surface area contributed by atoms with E-state index in [-0.39, 0.29) is 11.7 Å². The van der Waals surface area contributed by atoms with Gasteiger partial charge >= 0.3 is 0 Å². The summed E-state index contributed by atoms with van der Waals surface area (Å²) in [6, 6.07) is 16.1. The van der Waals surface area contributed by atoms with Crippen LogP contribution in [0.3, 0.4) is 0 Å². The number of phenols is 1. The minimum atomic E-state index is -0.271. The van der Waals surface area contributed by atoms with E-state index < -0.39 is 0 Å². The molecule has 0 aliphatic heterocycles. The van der Waals surface area contributed by atoms with E-state index in [1.165, 1.54) is 6.07 Å². The molecule has 0 aliphatic carbocycles. The van der Waals surface area contributed by atoms with Gasteiger partial charge in [-0.25, -0.2) is 0 Å². The lowest BCUT2D eigenvalue weighted by atomic mass is 10.1. The van der Waals surface area contributed by atoms with Gasteiger partial charge in [-0.1, -0.05) is 42.5 Å². The maximum Gasteiger partial charge on any atom is 0.255 e. The Balaban J connectivity index is 2.01. The highest BCUT2D eigenvalue weighted by Crippen LogP contribution is 2.15. The van der Waals surface area contributed by atoms with Crippen molar-refractivity contribution in [2.75, 3.05) is 0 Å². The molecular weight excluding hydrogens is 214 g/mol. The van der Waals surface area contributed by atoms with Crippen LogP contribution < -0.4 is 5.32 Å². The molecule has 0 atom stereocenters. The minimum Gasteiger partial charge on any atom is -0.507 e. The Bertz CT molecular complexity index is 509. The van der Waals surface area contributed by atoms with Gasteiger partial charge in [0.25, 0.3) is 5.91 Å². The van der Waals surface area contributed by atoms with Crippen molar-refractivity contribution in [3.05, 3.63) is 65.7 Å². The second-order valence-corrected chi connectivity index (χ2v) is 3.69. The second kappa shape index (κ2) is 5.16. The van der Waals surface area contributed by atoms with Crippen LogP contribution in [0.15, 0.2) is 54.6 Å². The third-order valence-corrected chi connectivity index (χ3v) is 2.44. The third kappa shape index (κ3) is 2.84. The molecule has 0 aromatic heterocycles. The minimum absolute atomic E-state index is 0.00179. The molecule has 0 spiro atoms. The molecule has 3 heteroatoms. The fourth-order valence-electron chi connectivity index (χ4n) is 1.54. The number of nitrogens with one attached hydrogen (secondary N) is 1. The van der Waals surface area contributed by atoms with E-state index in [4.69, 9.17) is 0 Å². The Hall–Kier alpha value is -2.29. The molecule has 0 unspecified atom stereocenters. The third-order valence-electron chi connectivity index (χ3n) is 2.44. The van der Waals surface area contributed by atoms with Crippen LogP contribution in [0.25, 0.3) is 0 Å². The van der Waals surface area contributed by atoms with Crippen LogP contribution in [0.5, 0.6) is 5.75 Å². The molecule has 0 radical (unpaired) electrons. The Kier molecular flexibility index (Phi) is 3.40. The second-order valence-electron chi connectivity index (χ2n) is 3.69. The van der Waals surface area contributed by atoms with E-state index in [1.807, 2.05) is 30.3 Å². The Morgan fingerprint density at radius 1 is 1.00 bits per heavy atom. The normalized spacial score (nSPS) is 9.88. The molecule has 2 rings (SSSR count). The first kappa shape index (κ1) is 11.2. The number of carbonyl (C=O) groups is 1. The summed E-state index contributed by atoms with van der Waals surface area (Å²) in [5.41, 5.74) is 1.32. The molecule has 86 valence electrons. The summed E-state index contributed by atoms with van der Waals surface area (Å²) in [5.74, 6) is -0.273. The summed E-state index contributed by atoms with van der Waals surface area (Å²) >= 11 is 0. The zero-order chi connectivity index (χ0) is 12.1. The van der Waals surface area contributed by atoms with Crippen molar-refractivity contribution in [2.45, 2.75) is 6.54 Å². The number of carbonyl (C=O) groups excluding carboxylic acids is 1. The smallest absolute Gasteiger partial charge is 0.255 e. The molecule has 0 aliphatic rings. The summed E-state index contributed by atoms with van der Waals surface area (Å²) in [7, 11) is 0. The number of hydrogen-bond acceptors (Lipinski definition) is 2. The standard InChI is InChI=1S/C14H13NO2/c16-13-9-5-4-8-12(13)14(17)15-10-11-6-2-1-3-7-11/h1-9,16H,10H2,(H,15,17). The quantitative estimate of drug-likeness (QED) is 0.845. The zero-order valence-corrected chi connectivity index (χ0v) is 9.26. The molecule has 0 saturated heterocycles. The highest BCUT2D eigenvalue weighted by molar-refractivity contribution is 5.96. The topological polar surface area (TPSA) is 49.3 Å². The fourth-order valence-corrected chi connectivity index (χ4v) is 1.54.